The molecule has 234 valence electrons. The van der Waals surface area contributed by atoms with E-state index in [0.29, 0.717) is 0 Å². The van der Waals surface area contributed by atoms with Crippen LogP contribution in [0.3, 0.4) is 0 Å². The maximum Gasteiger partial charge on any atom is 0.143 e. The van der Waals surface area contributed by atoms with Crippen LogP contribution in [0, 0.1) is 0 Å². The Kier molecular flexibility index (Phi) is 5.51. The summed E-state index contributed by atoms with van der Waals surface area (Å²) < 4.78 is 6.84. The molecule has 10 aromatic rings. The Hall–Kier alpha value is -6.18. The van der Waals surface area contributed by atoms with Crippen LogP contribution in [0.5, 0.6) is 0 Å². The molecule has 9 aromatic carbocycles. The van der Waals surface area contributed by atoms with Gasteiger partial charge < -0.3 is 4.42 Å². The van der Waals surface area contributed by atoms with E-state index < -0.39 is 0 Å². The molecule has 0 unspecified atom stereocenters. The molecular formula is C49H32O. The maximum absolute atomic E-state index is 6.84. The van der Waals surface area contributed by atoms with E-state index in [-0.39, 0.29) is 5.41 Å². The number of hydrogen-bond donors (Lipinski definition) is 0. The van der Waals surface area contributed by atoms with Gasteiger partial charge in [-0.3, -0.25) is 0 Å². The van der Waals surface area contributed by atoms with Crippen molar-refractivity contribution in [2.75, 3.05) is 0 Å². The lowest BCUT2D eigenvalue weighted by atomic mass is 9.80. The lowest BCUT2D eigenvalue weighted by molar-refractivity contribution is 0.660. The van der Waals surface area contributed by atoms with Gasteiger partial charge in [0, 0.05) is 21.6 Å². The second-order valence-corrected chi connectivity index (χ2v) is 14.4. The number of benzene rings is 9. The van der Waals surface area contributed by atoms with Crippen molar-refractivity contribution in [1.29, 1.82) is 0 Å². The summed E-state index contributed by atoms with van der Waals surface area (Å²) in [6, 6.07) is 58.1. The molecule has 0 saturated heterocycles. The molecular weight excluding hydrogens is 605 g/mol. The SMILES string of the molecule is CC1(C)c2ccccc2-c2ccc(-c3c4ccccc4c(-c4ccc5c(c4)oc4c6ccccc6c6ccccc6c54)c4ccccc34)cc21. The smallest absolute Gasteiger partial charge is 0.143 e. The van der Waals surface area contributed by atoms with Crippen LogP contribution in [0.15, 0.2) is 162 Å². The molecule has 0 radical (unpaired) electrons. The van der Waals surface area contributed by atoms with E-state index in [9.17, 15) is 0 Å². The van der Waals surface area contributed by atoms with Gasteiger partial charge in [0.25, 0.3) is 0 Å². The quantitative estimate of drug-likeness (QED) is 0.136. The molecule has 1 aromatic heterocycles. The molecule has 0 atom stereocenters. The Bertz CT molecular complexity index is 3010. The molecule has 1 heteroatoms. The van der Waals surface area contributed by atoms with E-state index >= 15 is 0 Å². The molecule has 1 aliphatic rings. The summed E-state index contributed by atoms with van der Waals surface area (Å²) in [5, 5.41) is 12.2. The Labute approximate surface area is 290 Å². The van der Waals surface area contributed by atoms with Crippen molar-refractivity contribution in [2.24, 2.45) is 0 Å². The first-order chi connectivity index (χ1) is 24.6. The standard InChI is InChI=1S/C49H32O/c1-49(2)42-22-12-11-15-33(42)34-25-23-29(27-43(34)49)45-36-17-6-8-19-38(36)46(39-20-9-7-18-37(39)45)30-24-26-41-44(28-30)50-48-40-21-10-4-14-32(40)31-13-3-5-16-35(31)47(41)48/h3-28H,1-2H3. The summed E-state index contributed by atoms with van der Waals surface area (Å²) in [5.41, 5.74) is 12.3. The summed E-state index contributed by atoms with van der Waals surface area (Å²) >= 11 is 0. The number of rotatable bonds is 2. The van der Waals surface area contributed by atoms with E-state index in [1.54, 1.807) is 0 Å². The van der Waals surface area contributed by atoms with Crippen molar-refractivity contribution in [3.63, 3.8) is 0 Å². The fraction of sp³-hybridized carbons (Fsp3) is 0.0612. The normalized spacial score (nSPS) is 13.6. The lowest BCUT2D eigenvalue weighted by Gasteiger charge is -2.23. The van der Waals surface area contributed by atoms with Crippen LogP contribution in [-0.2, 0) is 5.41 Å². The highest BCUT2D eigenvalue weighted by Crippen LogP contribution is 2.51. The van der Waals surface area contributed by atoms with Gasteiger partial charge in [-0.25, -0.2) is 0 Å². The fourth-order valence-electron chi connectivity index (χ4n) is 9.17. The molecule has 11 rings (SSSR count). The maximum atomic E-state index is 6.84. The first kappa shape index (κ1) is 27.7. The van der Waals surface area contributed by atoms with Crippen molar-refractivity contribution < 1.29 is 4.42 Å². The molecule has 0 fully saturated rings. The molecule has 0 bridgehead atoms. The molecule has 0 amide bonds. The van der Waals surface area contributed by atoms with Gasteiger partial charge in [0.05, 0.1) is 0 Å². The van der Waals surface area contributed by atoms with Gasteiger partial charge in [-0.1, -0.05) is 153 Å². The number of hydrogen-bond acceptors (Lipinski definition) is 1. The number of fused-ring (bicyclic) bond motifs is 13. The van der Waals surface area contributed by atoms with Gasteiger partial charge in [-0.2, -0.15) is 0 Å². The van der Waals surface area contributed by atoms with Crippen molar-refractivity contribution >= 4 is 65.0 Å². The largest absolute Gasteiger partial charge is 0.455 e. The van der Waals surface area contributed by atoms with Crippen molar-refractivity contribution in [3.05, 3.63) is 169 Å². The fourth-order valence-corrected chi connectivity index (χ4v) is 9.17. The van der Waals surface area contributed by atoms with Crippen molar-refractivity contribution in [2.45, 2.75) is 19.3 Å². The van der Waals surface area contributed by atoms with Crippen LogP contribution in [0.4, 0.5) is 0 Å². The summed E-state index contributed by atoms with van der Waals surface area (Å²) in [4.78, 5) is 0. The zero-order valence-electron chi connectivity index (χ0n) is 27.9. The Morgan fingerprint density at radius 2 is 0.860 bits per heavy atom. The highest BCUT2D eigenvalue weighted by Gasteiger charge is 2.35. The van der Waals surface area contributed by atoms with Crippen molar-refractivity contribution in [1.82, 2.24) is 0 Å². The average molecular weight is 637 g/mol. The van der Waals surface area contributed by atoms with Crippen LogP contribution >= 0.6 is 0 Å². The van der Waals surface area contributed by atoms with E-state index in [1.165, 1.54) is 82.0 Å². The van der Waals surface area contributed by atoms with E-state index in [0.717, 1.165) is 27.5 Å². The van der Waals surface area contributed by atoms with Crippen molar-refractivity contribution in [3.8, 4) is 33.4 Å². The molecule has 1 heterocycles. The highest BCUT2D eigenvalue weighted by atomic mass is 16.3. The Balaban J connectivity index is 1.18. The minimum atomic E-state index is -0.0634. The first-order valence-corrected chi connectivity index (χ1v) is 17.5. The zero-order chi connectivity index (χ0) is 33.1. The third kappa shape index (κ3) is 3.62. The van der Waals surface area contributed by atoms with E-state index in [1.807, 2.05) is 0 Å². The second-order valence-electron chi connectivity index (χ2n) is 14.4. The first-order valence-electron chi connectivity index (χ1n) is 17.5. The van der Waals surface area contributed by atoms with Gasteiger partial charge in [0.15, 0.2) is 0 Å². The van der Waals surface area contributed by atoms with E-state index in [4.69, 9.17) is 4.42 Å². The predicted molar refractivity (Wildman–Crippen MR) is 212 cm³/mol. The van der Waals surface area contributed by atoms with Crippen LogP contribution in [0.1, 0.15) is 25.0 Å². The number of furan rings is 1. The Morgan fingerprint density at radius 1 is 0.380 bits per heavy atom. The van der Waals surface area contributed by atoms with Gasteiger partial charge in [0.2, 0.25) is 0 Å². The van der Waals surface area contributed by atoms with Gasteiger partial charge in [0.1, 0.15) is 11.2 Å². The molecule has 0 aliphatic heterocycles. The summed E-state index contributed by atoms with van der Waals surface area (Å²) in [7, 11) is 0. The Morgan fingerprint density at radius 3 is 1.52 bits per heavy atom. The minimum absolute atomic E-state index is 0.0634. The molecule has 1 nitrogen and oxygen atoms in total. The molecule has 50 heavy (non-hydrogen) atoms. The third-order valence-electron chi connectivity index (χ3n) is 11.4. The van der Waals surface area contributed by atoms with Gasteiger partial charge >= 0.3 is 0 Å². The molecule has 1 aliphatic carbocycles. The molecule has 0 N–H and O–H groups in total. The average Bonchev–Trinajstić information content (AvgIpc) is 3.66. The monoisotopic (exact) mass is 636 g/mol. The highest BCUT2D eigenvalue weighted by molar-refractivity contribution is 6.30. The second kappa shape index (κ2) is 9.94. The molecule has 0 spiro atoms. The third-order valence-corrected chi connectivity index (χ3v) is 11.4. The minimum Gasteiger partial charge on any atom is -0.455 e. The van der Waals surface area contributed by atoms with Gasteiger partial charge in [-0.05, 0) is 100 Å². The summed E-state index contributed by atoms with van der Waals surface area (Å²) in [6.45, 7) is 4.72. The van der Waals surface area contributed by atoms with E-state index in [2.05, 4.69) is 172 Å². The predicted octanol–water partition coefficient (Wildman–Crippen LogP) is 13.8. The van der Waals surface area contributed by atoms with Crippen LogP contribution in [0.25, 0.3) is 98.4 Å². The topological polar surface area (TPSA) is 13.1 Å². The van der Waals surface area contributed by atoms with Crippen LogP contribution < -0.4 is 0 Å². The lowest BCUT2D eigenvalue weighted by Crippen LogP contribution is -2.14. The van der Waals surface area contributed by atoms with Crippen LogP contribution in [-0.4, -0.2) is 0 Å². The summed E-state index contributed by atoms with van der Waals surface area (Å²) in [5.74, 6) is 0. The summed E-state index contributed by atoms with van der Waals surface area (Å²) in [6.07, 6.45) is 0. The van der Waals surface area contributed by atoms with Crippen LogP contribution in [0.2, 0.25) is 0 Å². The zero-order valence-corrected chi connectivity index (χ0v) is 27.9. The van der Waals surface area contributed by atoms with Gasteiger partial charge in [-0.15, -0.1) is 0 Å². The molecule has 0 saturated carbocycles.